The molecular formula is C22H23F3N4O3. The van der Waals surface area contributed by atoms with Crippen molar-refractivity contribution in [3.05, 3.63) is 59.0 Å². The number of pyridine rings is 1. The molecule has 0 fully saturated rings. The first-order chi connectivity index (χ1) is 14.8. The second kappa shape index (κ2) is 8.18. The predicted molar refractivity (Wildman–Crippen MR) is 113 cm³/mol. The highest BCUT2D eigenvalue weighted by Crippen LogP contribution is 2.36. The number of carbonyl (C=O) groups is 1. The lowest BCUT2D eigenvalue weighted by molar-refractivity contribution is -0.137. The zero-order valence-corrected chi connectivity index (χ0v) is 18.2. The van der Waals surface area contributed by atoms with Gasteiger partial charge < -0.3 is 15.2 Å². The smallest absolute Gasteiger partial charge is 0.417 e. The Balaban J connectivity index is 2.24. The summed E-state index contributed by atoms with van der Waals surface area (Å²) in [6, 6.07) is 7.77. The molecule has 0 unspecified atom stereocenters. The number of carboxylic acid groups (broad SMARTS) is 1. The van der Waals surface area contributed by atoms with Gasteiger partial charge in [-0.15, -0.1) is 0 Å². The Bertz CT molecular complexity index is 1160. The number of nitrogens with one attached hydrogen (secondary N) is 1. The SMILES string of the molecule is COc1cccc(C)c1-n1nc(C(C)(C)C)cc1Nc1cc(C(F)(F)F)cnc1C(=O)O. The number of aromatic carboxylic acids is 1. The maximum Gasteiger partial charge on any atom is 0.417 e. The number of alkyl halides is 3. The predicted octanol–water partition coefficient (Wildman–Crippen LogP) is 5.34. The lowest BCUT2D eigenvalue weighted by atomic mass is 9.92. The van der Waals surface area contributed by atoms with Crippen molar-refractivity contribution in [1.82, 2.24) is 14.8 Å². The van der Waals surface area contributed by atoms with Gasteiger partial charge in [-0.2, -0.15) is 18.3 Å². The number of halogens is 3. The molecule has 3 rings (SSSR count). The summed E-state index contributed by atoms with van der Waals surface area (Å²) >= 11 is 0. The Hall–Kier alpha value is -3.56. The Kier molecular flexibility index (Phi) is 5.90. The van der Waals surface area contributed by atoms with Crippen molar-refractivity contribution >= 4 is 17.5 Å². The number of aryl methyl sites for hydroxylation is 1. The number of hydrogen-bond acceptors (Lipinski definition) is 5. The number of carboxylic acids is 1. The monoisotopic (exact) mass is 448 g/mol. The molecule has 0 aliphatic carbocycles. The molecule has 0 spiro atoms. The van der Waals surface area contributed by atoms with Crippen LogP contribution in [0.4, 0.5) is 24.7 Å². The highest BCUT2D eigenvalue weighted by Gasteiger charge is 2.33. The second-order valence-electron chi connectivity index (χ2n) is 8.25. The van der Waals surface area contributed by atoms with Crippen LogP contribution in [0.15, 0.2) is 36.5 Å². The largest absolute Gasteiger partial charge is 0.494 e. The Morgan fingerprint density at radius 1 is 1.19 bits per heavy atom. The first kappa shape index (κ1) is 23.1. The topological polar surface area (TPSA) is 89.3 Å². The number of para-hydroxylation sites is 1. The van der Waals surface area contributed by atoms with E-state index in [9.17, 15) is 23.1 Å². The third-order valence-corrected chi connectivity index (χ3v) is 4.79. The van der Waals surface area contributed by atoms with E-state index >= 15 is 0 Å². The summed E-state index contributed by atoms with van der Waals surface area (Å²) in [6.07, 6.45) is -4.19. The zero-order valence-electron chi connectivity index (χ0n) is 18.2. The molecule has 0 radical (unpaired) electrons. The van der Waals surface area contributed by atoms with E-state index in [2.05, 4.69) is 15.4 Å². The van der Waals surface area contributed by atoms with E-state index in [0.29, 0.717) is 23.3 Å². The van der Waals surface area contributed by atoms with Crippen LogP contribution < -0.4 is 10.1 Å². The van der Waals surface area contributed by atoms with Crippen LogP contribution in [0, 0.1) is 6.92 Å². The maximum atomic E-state index is 13.2. The van der Waals surface area contributed by atoms with Gasteiger partial charge in [0.1, 0.15) is 17.3 Å². The molecule has 0 aliphatic heterocycles. The number of anilines is 2. The number of nitrogens with zero attached hydrogens (tertiary/aromatic N) is 3. The maximum absolute atomic E-state index is 13.2. The van der Waals surface area contributed by atoms with Gasteiger partial charge in [0, 0.05) is 17.7 Å². The number of rotatable bonds is 5. The van der Waals surface area contributed by atoms with E-state index in [1.807, 2.05) is 33.8 Å². The summed E-state index contributed by atoms with van der Waals surface area (Å²) in [7, 11) is 1.50. The second-order valence-corrected chi connectivity index (χ2v) is 8.25. The van der Waals surface area contributed by atoms with Crippen LogP contribution in [-0.2, 0) is 11.6 Å². The van der Waals surface area contributed by atoms with Crippen LogP contribution in [0.25, 0.3) is 5.69 Å². The quantitative estimate of drug-likeness (QED) is 0.548. The van der Waals surface area contributed by atoms with Gasteiger partial charge >= 0.3 is 12.1 Å². The molecule has 32 heavy (non-hydrogen) atoms. The molecule has 0 amide bonds. The first-order valence-electron chi connectivity index (χ1n) is 9.65. The molecule has 2 aromatic heterocycles. The highest BCUT2D eigenvalue weighted by atomic mass is 19.4. The third-order valence-electron chi connectivity index (χ3n) is 4.79. The number of ether oxygens (including phenoxy) is 1. The summed E-state index contributed by atoms with van der Waals surface area (Å²) in [5.74, 6) is -0.694. The molecule has 0 aliphatic rings. The first-order valence-corrected chi connectivity index (χ1v) is 9.65. The van der Waals surface area contributed by atoms with E-state index in [4.69, 9.17) is 4.74 Å². The van der Waals surface area contributed by atoms with Gasteiger partial charge in [-0.25, -0.2) is 14.5 Å². The molecule has 1 aromatic carbocycles. The van der Waals surface area contributed by atoms with Crippen LogP contribution >= 0.6 is 0 Å². The lowest BCUT2D eigenvalue weighted by Gasteiger charge is -2.17. The van der Waals surface area contributed by atoms with Crippen molar-refractivity contribution in [1.29, 1.82) is 0 Å². The van der Waals surface area contributed by atoms with Crippen LogP contribution in [0.5, 0.6) is 5.75 Å². The van der Waals surface area contributed by atoms with E-state index in [1.165, 1.54) is 11.8 Å². The number of aromatic nitrogens is 3. The Labute approximate surface area is 182 Å². The molecule has 0 saturated heterocycles. The van der Waals surface area contributed by atoms with Gasteiger partial charge in [-0.05, 0) is 24.6 Å². The number of methoxy groups -OCH3 is 1. The van der Waals surface area contributed by atoms with Crippen LogP contribution in [0.3, 0.4) is 0 Å². The van der Waals surface area contributed by atoms with Gasteiger partial charge in [0.25, 0.3) is 0 Å². The minimum Gasteiger partial charge on any atom is -0.494 e. The number of hydrogen-bond donors (Lipinski definition) is 2. The number of benzene rings is 1. The van der Waals surface area contributed by atoms with Gasteiger partial charge in [0.2, 0.25) is 0 Å². The van der Waals surface area contributed by atoms with Crippen LogP contribution in [-0.4, -0.2) is 33.0 Å². The summed E-state index contributed by atoms with van der Waals surface area (Å²) in [6.45, 7) is 7.65. The molecule has 3 aromatic rings. The molecule has 2 N–H and O–H groups in total. The molecule has 10 heteroatoms. The van der Waals surface area contributed by atoms with E-state index < -0.39 is 23.4 Å². The van der Waals surface area contributed by atoms with E-state index in [-0.39, 0.29) is 16.9 Å². The third kappa shape index (κ3) is 4.53. The molecular weight excluding hydrogens is 425 g/mol. The standard InChI is InChI=1S/C22H23F3N4O3/c1-12-7-6-8-15(32-5)19(12)29-17(10-16(28-29)21(2,3)4)27-14-9-13(22(23,24)25)11-26-18(14)20(30)31/h6-11,27H,1-5H3,(H,30,31). The average Bonchev–Trinajstić information content (AvgIpc) is 3.10. The minimum atomic E-state index is -4.68. The molecule has 0 bridgehead atoms. The molecule has 2 heterocycles. The summed E-state index contributed by atoms with van der Waals surface area (Å²) in [5.41, 5.74) is -0.287. The molecule has 170 valence electrons. The van der Waals surface area contributed by atoms with Crippen molar-refractivity contribution in [2.45, 2.75) is 39.3 Å². The van der Waals surface area contributed by atoms with Crippen molar-refractivity contribution in [2.24, 2.45) is 0 Å². The van der Waals surface area contributed by atoms with Gasteiger partial charge in [-0.1, -0.05) is 32.9 Å². The van der Waals surface area contributed by atoms with Crippen molar-refractivity contribution < 1.29 is 27.8 Å². The van der Waals surface area contributed by atoms with E-state index in [1.54, 1.807) is 18.2 Å². The van der Waals surface area contributed by atoms with E-state index in [0.717, 1.165) is 11.6 Å². The van der Waals surface area contributed by atoms with Crippen LogP contribution in [0.1, 0.15) is 48.1 Å². The van der Waals surface area contributed by atoms with Crippen molar-refractivity contribution in [2.75, 3.05) is 12.4 Å². The summed E-state index contributed by atoms with van der Waals surface area (Å²) in [5, 5.41) is 16.9. The van der Waals surface area contributed by atoms with Gasteiger partial charge in [-0.3, -0.25) is 0 Å². The Morgan fingerprint density at radius 3 is 2.44 bits per heavy atom. The normalized spacial score (nSPS) is 12.0. The molecule has 0 saturated carbocycles. The van der Waals surface area contributed by atoms with Crippen LogP contribution in [0.2, 0.25) is 0 Å². The Morgan fingerprint density at radius 2 is 1.88 bits per heavy atom. The van der Waals surface area contributed by atoms with Gasteiger partial charge in [0.05, 0.1) is 24.1 Å². The summed E-state index contributed by atoms with van der Waals surface area (Å²) < 4.78 is 46.7. The average molecular weight is 448 g/mol. The zero-order chi connectivity index (χ0) is 23.8. The molecule has 7 nitrogen and oxygen atoms in total. The highest BCUT2D eigenvalue weighted by molar-refractivity contribution is 5.93. The van der Waals surface area contributed by atoms with Gasteiger partial charge in [0.15, 0.2) is 5.69 Å². The minimum absolute atomic E-state index is 0.270. The van der Waals surface area contributed by atoms with Crippen molar-refractivity contribution in [3.63, 3.8) is 0 Å². The fourth-order valence-electron chi connectivity index (χ4n) is 3.10. The van der Waals surface area contributed by atoms with Crippen molar-refractivity contribution in [3.8, 4) is 11.4 Å². The fourth-order valence-corrected chi connectivity index (χ4v) is 3.10. The fraction of sp³-hybridized carbons (Fsp3) is 0.318. The lowest BCUT2D eigenvalue weighted by Crippen LogP contribution is -2.14. The summed E-state index contributed by atoms with van der Waals surface area (Å²) in [4.78, 5) is 15.1. The molecule has 0 atom stereocenters.